The molecule has 0 amide bonds. The third-order valence-corrected chi connectivity index (χ3v) is 3.83. The lowest BCUT2D eigenvalue weighted by atomic mass is 10.0. The van der Waals surface area contributed by atoms with Gasteiger partial charge in [-0.15, -0.1) is 0 Å². The fraction of sp³-hybridized carbons (Fsp3) is 0.667. The molecule has 1 saturated carbocycles. The van der Waals surface area contributed by atoms with Crippen molar-refractivity contribution in [1.29, 1.82) is 0 Å². The largest absolute Gasteiger partial charge is 0.282 e. The van der Waals surface area contributed by atoms with Gasteiger partial charge in [-0.25, -0.2) is 8.42 Å². The van der Waals surface area contributed by atoms with E-state index in [0.717, 1.165) is 24.1 Å². The van der Waals surface area contributed by atoms with E-state index in [0.29, 0.717) is 5.92 Å². The van der Waals surface area contributed by atoms with Gasteiger partial charge >= 0.3 is 0 Å². The number of nitrogens with one attached hydrogen (secondary N) is 1. The molecule has 1 N–H and O–H groups in total. The molecule has 6 heteroatoms. The quantitative estimate of drug-likeness (QED) is 0.834. The Kier molecular flexibility index (Phi) is 3.02. The minimum Gasteiger partial charge on any atom is -0.282 e. The predicted octanol–water partition coefficient (Wildman–Crippen LogP) is 2.14. The Bertz CT molecular complexity index is 435. The van der Waals surface area contributed by atoms with Crippen LogP contribution >= 0.6 is 10.7 Å². The average Bonchev–Trinajstić information content (AvgIpc) is 2.68. The summed E-state index contributed by atoms with van der Waals surface area (Å²) in [6.45, 7) is 0. The van der Waals surface area contributed by atoms with Crippen molar-refractivity contribution in [3.8, 4) is 0 Å². The molecule has 1 aliphatic carbocycles. The van der Waals surface area contributed by atoms with Gasteiger partial charge in [0.05, 0.1) is 11.9 Å². The molecule has 0 saturated heterocycles. The van der Waals surface area contributed by atoms with Crippen molar-refractivity contribution in [2.75, 3.05) is 0 Å². The van der Waals surface area contributed by atoms with Crippen LogP contribution in [0.1, 0.15) is 42.9 Å². The van der Waals surface area contributed by atoms with Crippen LogP contribution in [-0.4, -0.2) is 18.6 Å². The highest BCUT2D eigenvalue weighted by Crippen LogP contribution is 2.35. The normalized spacial score (nSPS) is 18.5. The standard InChI is InChI=1S/C9H13ClN2O2S/c10-15(13,14)6-8-5-11-12-9(8)7-3-1-2-4-7/h5,7H,1-4,6H2,(H,11,12). The van der Waals surface area contributed by atoms with Gasteiger partial charge in [-0.2, -0.15) is 5.10 Å². The second-order valence-corrected chi connectivity index (χ2v) is 6.75. The Morgan fingerprint density at radius 1 is 1.47 bits per heavy atom. The summed E-state index contributed by atoms with van der Waals surface area (Å²) >= 11 is 0. The average molecular weight is 249 g/mol. The second-order valence-electron chi connectivity index (χ2n) is 3.97. The lowest BCUT2D eigenvalue weighted by Gasteiger charge is -2.08. The Morgan fingerprint density at radius 3 is 2.73 bits per heavy atom. The second kappa shape index (κ2) is 4.14. The van der Waals surface area contributed by atoms with Crippen molar-refractivity contribution in [2.45, 2.75) is 37.4 Å². The first-order valence-corrected chi connectivity index (χ1v) is 7.48. The molecule has 0 aliphatic heterocycles. The van der Waals surface area contributed by atoms with E-state index in [4.69, 9.17) is 10.7 Å². The number of halogens is 1. The summed E-state index contributed by atoms with van der Waals surface area (Å²) in [7, 11) is 1.75. The van der Waals surface area contributed by atoms with Crippen LogP contribution in [0.3, 0.4) is 0 Å². The van der Waals surface area contributed by atoms with Gasteiger partial charge < -0.3 is 0 Å². The number of H-pyrrole nitrogens is 1. The molecule has 0 aromatic carbocycles. The highest BCUT2D eigenvalue weighted by atomic mass is 35.7. The smallest absolute Gasteiger partial charge is 0.236 e. The molecule has 0 atom stereocenters. The van der Waals surface area contributed by atoms with Gasteiger partial charge in [0.25, 0.3) is 0 Å². The number of aromatic nitrogens is 2. The molecule has 2 rings (SSSR count). The first-order chi connectivity index (χ1) is 7.06. The van der Waals surface area contributed by atoms with Crippen LogP contribution in [-0.2, 0) is 14.8 Å². The zero-order valence-electron chi connectivity index (χ0n) is 8.24. The Labute approximate surface area is 93.4 Å². The van der Waals surface area contributed by atoms with Crippen molar-refractivity contribution < 1.29 is 8.42 Å². The predicted molar refractivity (Wildman–Crippen MR) is 58.3 cm³/mol. The molecular weight excluding hydrogens is 236 g/mol. The third kappa shape index (κ3) is 2.72. The SMILES string of the molecule is O=S(=O)(Cl)Cc1cn[nH]c1C1CCCC1. The van der Waals surface area contributed by atoms with E-state index in [-0.39, 0.29) is 5.75 Å². The Hall–Kier alpha value is -0.550. The molecule has 0 bridgehead atoms. The fourth-order valence-electron chi connectivity index (χ4n) is 2.19. The summed E-state index contributed by atoms with van der Waals surface area (Å²) < 4.78 is 22.0. The van der Waals surface area contributed by atoms with Crippen LogP contribution in [0.25, 0.3) is 0 Å². The maximum absolute atomic E-state index is 11.0. The molecule has 84 valence electrons. The molecule has 1 heterocycles. The van der Waals surface area contributed by atoms with Crippen LogP contribution in [0.4, 0.5) is 0 Å². The minimum absolute atomic E-state index is 0.128. The molecule has 0 unspecified atom stereocenters. The van der Waals surface area contributed by atoms with E-state index in [1.807, 2.05) is 0 Å². The van der Waals surface area contributed by atoms with Gasteiger partial charge in [0, 0.05) is 27.9 Å². The van der Waals surface area contributed by atoms with E-state index < -0.39 is 9.05 Å². The summed E-state index contributed by atoms with van der Waals surface area (Å²) in [4.78, 5) is 0. The summed E-state index contributed by atoms with van der Waals surface area (Å²) in [6.07, 6.45) is 6.19. The Morgan fingerprint density at radius 2 is 2.13 bits per heavy atom. The van der Waals surface area contributed by atoms with Gasteiger partial charge in [0.1, 0.15) is 0 Å². The molecule has 4 nitrogen and oxygen atoms in total. The topological polar surface area (TPSA) is 62.8 Å². The first-order valence-electron chi connectivity index (χ1n) is 5.01. The maximum atomic E-state index is 11.0. The summed E-state index contributed by atoms with van der Waals surface area (Å²) in [6, 6.07) is 0. The molecule has 1 aromatic rings. The van der Waals surface area contributed by atoms with E-state index in [2.05, 4.69) is 10.2 Å². The first kappa shape index (κ1) is 11.0. The van der Waals surface area contributed by atoms with Gasteiger partial charge in [-0.05, 0) is 12.8 Å². The van der Waals surface area contributed by atoms with E-state index in [9.17, 15) is 8.42 Å². The third-order valence-electron chi connectivity index (χ3n) is 2.84. The van der Waals surface area contributed by atoms with Crippen LogP contribution in [0.15, 0.2) is 6.20 Å². The van der Waals surface area contributed by atoms with E-state index in [1.54, 1.807) is 6.20 Å². The van der Waals surface area contributed by atoms with Crippen LogP contribution in [0.2, 0.25) is 0 Å². The molecule has 0 radical (unpaired) electrons. The fourth-order valence-corrected chi connectivity index (χ4v) is 3.14. The zero-order chi connectivity index (χ0) is 10.9. The lowest BCUT2D eigenvalue weighted by molar-refractivity contribution is 0.608. The van der Waals surface area contributed by atoms with Crippen molar-refractivity contribution in [1.82, 2.24) is 10.2 Å². The molecular formula is C9H13ClN2O2S. The van der Waals surface area contributed by atoms with Gasteiger partial charge in [-0.3, -0.25) is 5.10 Å². The van der Waals surface area contributed by atoms with Crippen molar-refractivity contribution in [3.63, 3.8) is 0 Å². The minimum atomic E-state index is -3.49. The van der Waals surface area contributed by atoms with Crippen molar-refractivity contribution in [3.05, 3.63) is 17.5 Å². The number of hydrogen-bond acceptors (Lipinski definition) is 3. The zero-order valence-corrected chi connectivity index (χ0v) is 9.81. The monoisotopic (exact) mass is 248 g/mol. The van der Waals surface area contributed by atoms with Crippen molar-refractivity contribution in [2.24, 2.45) is 0 Å². The number of aromatic amines is 1. The van der Waals surface area contributed by atoms with Crippen LogP contribution in [0.5, 0.6) is 0 Å². The molecule has 1 aliphatic rings. The molecule has 0 spiro atoms. The Balaban J connectivity index is 2.21. The summed E-state index contributed by atoms with van der Waals surface area (Å²) in [5.74, 6) is 0.303. The lowest BCUT2D eigenvalue weighted by Crippen LogP contribution is -2.01. The molecule has 1 fully saturated rings. The van der Waals surface area contributed by atoms with Crippen molar-refractivity contribution >= 4 is 19.7 Å². The highest BCUT2D eigenvalue weighted by Gasteiger charge is 2.23. The summed E-state index contributed by atoms with van der Waals surface area (Å²) in [5, 5.41) is 6.80. The summed E-state index contributed by atoms with van der Waals surface area (Å²) in [5.41, 5.74) is 1.67. The van der Waals surface area contributed by atoms with E-state index in [1.165, 1.54) is 12.8 Å². The molecule has 1 aromatic heterocycles. The van der Waals surface area contributed by atoms with Gasteiger partial charge in [-0.1, -0.05) is 12.8 Å². The number of hydrogen-bond donors (Lipinski definition) is 1. The van der Waals surface area contributed by atoms with Crippen LogP contribution < -0.4 is 0 Å². The van der Waals surface area contributed by atoms with Gasteiger partial charge in [0.2, 0.25) is 9.05 Å². The van der Waals surface area contributed by atoms with Gasteiger partial charge in [0.15, 0.2) is 0 Å². The maximum Gasteiger partial charge on any atom is 0.236 e. The number of rotatable bonds is 3. The molecule has 15 heavy (non-hydrogen) atoms. The van der Waals surface area contributed by atoms with Crippen LogP contribution in [0, 0.1) is 0 Å². The highest BCUT2D eigenvalue weighted by molar-refractivity contribution is 8.13. The number of nitrogens with zero attached hydrogens (tertiary/aromatic N) is 1. The van der Waals surface area contributed by atoms with E-state index >= 15 is 0 Å².